The molecule has 0 spiro atoms. The highest BCUT2D eigenvalue weighted by atomic mass is 16.5. The van der Waals surface area contributed by atoms with Crippen molar-refractivity contribution in [3.05, 3.63) is 29.8 Å². The smallest absolute Gasteiger partial charge is 0.119 e. The number of hydrogen-bond acceptors (Lipinski definition) is 3. The number of ether oxygens (including phenoxy) is 2. The molecule has 2 unspecified atom stereocenters. The van der Waals surface area contributed by atoms with E-state index in [4.69, 9.17) is 9.47 Å². The Morgan fingerprint density at radius 3 is 2.70 bits per heavy atom. The fourth-order valence-corrected chi connectivity index (χ4v) is 2.73. The zero-order valence-corrected chi connectivity index (χ0v) is 12.7. The summed E-state index contributed by atoms with van der Waals surface area (Å²) in [5.41, 5.74) is 1.30. The van der Waals surface area contributed by atoms with E-state index >= 15 is 0 Å². The van der Waals surface area contributed by atoms with Crippen molar-refractivity contribution in [3.63, 3.8) is 0 Å². The second kappa shape index (κ2) is 8.28. The van der Waals surface area contributed by atoms with Gasteiger partial charge in [-0.15, -0.1) is 0 Å². The minimum absolute atomic E-state index is 0.381. The van der Waals surface area contributed by atoms with Crippen molar-refractivity contribution in [2.24, 2.45) is 0 Å². The molecule has 1 fully saturated rings. The Labute approximate surface area is 122 Å². The maximum atomic E-state index is 5.67. The molecule has 20 heavy (non-hydrogen) atoms. The second-order valence-corrected chi connectivity index (χ2v) is 5.54. The lowest BCUT2D eigenvalue weighted by molar-refractivity contribution is 0.0847. The van der Waals surface area contributed by atoms with Crippen LogP contribution in [0.4, 0.5) is 0 Å². The molecular formula is C17H27NO2. The van der Waals surface area contributed by atoms with Crippen LogP contribution in [-0.4, -0.2) is 25.9 Å². The molecule has 3 heteroatoms. The Balaban J connectivity index is 1.76. The maximum absolute atomic E-state index is 5.67. The minimum Gasteiger partial charge on any atom is -0.494 e. The molecule has 0 amide bonds. The van der Waals surface area contributed by atoms with E-state index < -0.39 is 0 Å². The van der Waals surface area contributed by atoms with Crippen molar-refractivity contribution in [2.75, 3.05) is 13.7 Å². The third-order valence-electron chi connectivity index (χ3n) is 4.01. The molecule has 1 saturated carbocycles. The van der Waals surface area contributed by atoms with Gasteiger partial charge in [0.25, 0.3) is 0 Å². The molecular weight excluding hydrogens is 250 g/mol. The molecule has 0 aromatic heterocycles. The van der Waals surface area contributed by atoms with Gasteiger partial charge in [0.2, 0.25) is 0 Å². The van der Waals surface area contributed by atoms with Gasteiger partial charge in [0.05, 0.1) is 12.7 Å². The van der Waals surface area contributed by atoms with E-state index in [0.29, 0.717) is 12.1 Å². The molecule has 0 bridgehead atoms. The van der Waals surface area contributed by atoms with Crippen LogP contribution >= 0.6 is 0 Å². The Bertz CT molecular complexity index is 377. The lowest BCUT2D eigenvalue weighted by Crippen LogP contribution is -2.36. The Morgan fingerprint density at radius 1 is 1.20 bits per heavy atom. The summed E-state index contributed by atoms with van der Waals surface area (Å²) in [7, 11) is 1.81. The SMILES string of the molecule is CCCCOc1ccc(CNC2CCCC2OC)cc1. The molecule has 2 rings (SSSR count). The van der Waals surface area contributed by atoms with Crippen molar-refractivity contribution in [1.29, 1.82) is 0 Å². The van der Waals surface area contributed by atoms with Gasteiger partial charge < -0.3 is 14.8 Å². The summed E-state index contributed by atoms with van der Waals surface area (Å²) in [5.74, 6) is 0.970. The summed E-state index contributed by atoms with van der Waals surface area (Å²) in [6.07, 6.45) is 6.33. The lowest BCUT2D eigenvalue weighted by Gasteiger charge is -2.19. The van der Waals surface area contributed by atoms with Crippen molar-refractivity contribution in [2.45, 2.75) is 57.7 Å². The van der Waals surface area contributed by atoms with Crippen LogP contribution in [-0.2, 0) is 11.3 Å². The topological polar surface area (TPSA) is 30.5 Å². The summed E-state index contributed by atoms with van der Waals surface area (Å²) < 4.78 is 11.2. The number of methoxy groups -OCH3 is 1. The number of hydrogen-bond donors (Lipinski definition) is 1. The molecule has 1 aromatic rings. The van der Waals surface area contributed by atoms with Crippen LogP contribution < -0.4 is 10.1 Å². The van der Waals surface area contributed by atoms with Crippen molar-refractivity contribution >= 4 is 0 Å². The summed E-state index contributed by atoms with van der Waals surface area (Å²) in [4.78, 5) is 0. The van der Waals surface area contributed by atoms with Gasteiger partial charge in [0.15, 0.2) is 0 Å². The molecule has 1 aliphatic rings. The molecule has 1 aromatic carbocycles. The largest absolute Gasteiger partial charge is 0.494 e. The standard InChI is InChI=1S/C17H27NO2/c1-3-4-12-20-15-10-8-14(9-11-15)13-18-16-6-5-7-17(16)19-2/h8-11,16-18H,3-7,12-13H2,1-2H3. The predicted molar refractivity (Wildman–Crippen MR) is 82.1 cm³/mol. The number of nitrogens with one attached hydrogen (secondary N) is 1. The van der Waals surface area contributed by atoms with Crippen LogP contribution in [0.2, 0.25) is 0 Å². The zero-order valence-electron chi connectivity index (χ0n) is 12.7. The van der Waals surface area contributed by atoms with Crippen LogP contribution in [0.5, 0.6) is 5.75 Å². The fraction of sp³-hybridized carbons (Fsp3) is 0.647. The van der Waals surface area contributed by atoms with Gasteiger partial charge in [-0.1, -0.05) is 25.5 Å². The molecule has 0 aliphatic heterocycles. The van der Waals surface area contributed by atoms with Gasteiger partial charge in [0.1, 0.15) is 5.75 Å². The number of unbranched alkanes of at least 4 members (excludes halogenated alkanes) is 1. The molecule has 0 saturated heterocycles. The summed E-state index contributed by atoms with van der Waals surface area (Å²) >= 11 is 0. The van der Waals surface area contributed by atoms with Crippen LogP contribution in [0.1, 0.15) is 44.6 Å². The Hall–Kier alpha value is -1.06. The third-order valence-corrected chi connectivity index (χ3v) is 4.01. The average Bonchev–Trinajstić information content (AvgIpc) is 2.94. The van der Waals surface area contributed by atoms with Gasteiger partial charge in [-0.2, -0.15) is 0 Å². The highest BCUT2D eigenvalue weighted by Gasteiger charge is 2.26. The monoisotopic (exact) mass is 277 g/mol. The van der Waals surface area contributed by atoms with Crippen molar-refractivity contribution < 1.29 is 9.47 Å². The van der Waals surface area contributed by atoms with Crippen LogP contribution in [0, 0.1) is 0 Å². The molecule has 1 aliphatic carbocycles. The molecule has 2 atom stereocenters. The molecule has 112 valence electrons. The second-order valence-electron chi connectivity index (χ2n) is 5.54. The van der Waals surface area contributed by atoms with Gasteiger partial charge in [-0.25, -0.2) is 0 Å². The first kappa shape index (κ1) is 15.3. The van der Waals surface area contributed by atoms with Crippen molar-refractivity contribution in [3.8, 4) is 5.75 Å². The maximum Gasteiger partial charge on any atom is 0.119 e. The van der Waals surface area contributed by atoms with E-state index in [1.807, 2.05) is 7.11 Å². The number of rotatable bonds is 8. The summed E-state index contributed by atoms with van der Waals surface area (Å²) in [6, 6.07) is 8.92. The third kappa shape index (κ3) is 4.50. The van der Waals surface area contributed by atoms with E-state index in [9.17, 15) is 0 Å². The van der Waals surface area contributed by atoms with Gasteiger partial charge in [0, 0.05) is 19.7 Å². The van der Waals surface area contributed by atoms with Gasteiger partial charge in [-0.3, -0.25) is 0 Å². The molecule has 0 radical (unpaired) electrons. The molecule has 1 N–H and O–H groups in total. The Kier molecular flexibility index (Phi) is 6.34. The fourth-order valence-electron chi connectivity index (χ4n) is 2.73. The summed E-state index contributed by atoms with van der Waals surface area (Å²) in [6.45, 7) is 3.89. The van der Waals surface area contributed by atoms with Gasteiger partial charge in [-0.05, 0) is 43.4 Å². The number of benzene rings is 1. The lowest BCUT2D eigenvalue weighted by atomic mass is 10.1. The molecule has 3 nitrogen and oxygen atoms in total. The normalized spacial score (nSPS) is 22.1. The molecule has 0 heterocycles. The van der Waals surface area contributed by atoms with E-state index in [-0.39, 0.29) is 0 Å². The van der Waals surface area contributed by atoms with E-state index in [2.05, 4.69) is 36.5 Å². The van der Waals surface area contributed by atoms with Crippen LogP contribution in [0.3, 0.4) is 0 Å². The first-order valence-electron chi connectivity index (χ1n) is 7.81. The van der Waals surface area contributed by atoms with E-state index in [0.717, 1.165) is 25.3 Å². The zero-order chi connectivity index (χ0) is 14.2. The van der Waals surface area contributed by atoms with E-state index in [1.165, 1.54) is 31.2 Å². The van der Waals surface area contributed by atoms with Crippen LogP contribution in [0.25, 0.3) is 0 Å². The average molecular weight is 277 g/mol. The highest BCUT2D eigenvalue weighted by molar-refractivity contribution is 5.27. The predicted octanol–water partition coefficient (Wildman–Crippen LogP) is 3.52. The van der Waals surface area contributed by atoms with E-state index in [1.54, 1.807) is 0 Å². The quantitative estimate of drug-likeness (QED) is 0.737. The van der Waals surface area contributed by atoms with Gasteiger partial charge >= 0.3 is 0 Å². The highest BCUT2D eigenvalue weighted by Crippen LogP contribution is 2.22. The minimum atomic E-state index is 0.381. The van der Waals surface area contributed by atoms with Crippen molar-refractivity contribution in [1.82, 2.24) is 5.32 Å². The Morgan fingerprint density at radius 2 is 2.00 bits per heavy atom. The first-order valence-corrected chi connectivity index (χ1v) is 7.81. The first-order chi connectivity index (χ1) is 9.83. The summed E-state index contributed by atoms with van der Waals surface area (Å²) in [5, 5.41) is 3.60. The van der Waals surface area contributed by atoms with Crippen LogP contribution in [0.15, 0.2) is 24.3 Å².